The number of hydrogen-bond acceptors (Lipinski definition) is 4. The van der Waals surface area contributed by atoms with E-state index in [9.17, 15) is 9.90 Å². The molecule has 7 heteroatoms. The van der Waals surface area contributed by atoms with E-state index in [1.54, 1.807) is 20.3 Å². The Bertz CT molecular complexity index is 597. The minimum atomic E-state index is -0.420. The number of nitrogens with one attached hydrogen (secondary N) is 1. The van der Waals surface area contributed by atoms with Crippen molar-refractivity contribution in [1.82, 2.24) is 25.0 Å². The predicted octanol–water partition coefficient (Wildman–Crippen LogP) is 1.18. The molecule has 0 radical (unpaired) electrons. The van der Waals surface area contributed by atoms with Gasteiger partial charge in [-0.15, -0.1) is 10.2 Å². The molecular weight excluding hydrogens is 282 g/mol. The molecule has 2 aromatic rings. The molecule has 1 atom stereocenters. The van der Waals surface area contributed by atoms with Crippen LogP contribution in [0, 0.1) is 0 Å². The zero-order valence-corrected chi connectivity index (χ0v) is 12.8. The quantitative estimate of drug-likeness (QED) is 0.839. The molecule has 0 spiro atoms. The highest BCUT2D eigenvalue weighted by Gasteiger charge is 2.11. The van der Waals surface area contributed by atoms with Gasteiger partial charge in [0.1, 0.15) is 6.33 Å². The number of aromatic nitrogens is 3. The Morgan fingerprint density at radius 3 is 2.82 bits per heavy atom. The third kappa shape index (κ3) is 4.29. The number of nitrogens with zero attached hydrogens (tertiary/aromatic N) is 4. The van der Waals surface area contributed by atoms with Gasteiger partial charge in [-0.25, -0.2) is 4.79 Å². The maximum Gasteiger partial charge on any atom is 0.317 e. The van der Waals surface area contributed by atoms with Crippen LogP contribution in [-0.4, -0.2) is 50.5 Å². The smallest absolute Gasteiger partial charge is 0.317 e. The zero-order chi connectivity index (χ0) is 15.9. The first kappa shape index (κ1) is 16.0. The maximum atomic E-state index is 12.0. The van der Waals surface area contributed by atoms with Crippen molar-refractivity contribution in [3.05, 3.63) is 42.5 Å². The van der Waals surface area contributed by atoms with Crippen molar-refractivity contribution < 1.29 is 9.90 Å². The first-order valence-corrected chi connectivity index (χ1v) is 7.19. The minimum Gasteiger partial charge on any atom is -0.393 e. The van der Waals surface area contributed by atoms with Crippen molar-refractivity contribution >= 4 is 6.03 Å². The minimum absolute atomic E-state index is 0.205. The number of carbonyl (C=O) groups is 1. The molecule has 2 rings (SSSR count). The number of amides is 2. The highest BCUT2D eigenvalue weighted by molar-refractivity contribution is 5.73. The van der Waals surface area contributed by atoms with Crippen LogP contribution in [0.4, 0.5) is 4.79 Å². The Kier molecular flexibility index (Phi) is 5.48. The number of benzene rings is 1. The zero-order valence-electron chi connectivity index (χ0n) is 12.8. The molecule has 1 unspecified atom stereocenters. The largest absolute Gasteiger partial charge is 0.393 e. The fraction of sp³-hybridized carbons (Fsp3) is 0.400. The SMILES string of the molecule is CC(O)CCN(C)C(=O)NCc1nncn1-c1ccccc1. The molecule has 0 bridgehead atoms. The fourth-order valence-corrected chi connectivity index (χ4v) is 1.96. The van der Waals surface area contributed by atoms with E-state index in [1.165, 1.54) is 4.90 Å². The summed E-state index contributed by atoms with van der Waals surface area (Å²) in [5.74, 6) is 0.656. The summed E-state index contributed by atoms with van der Waals surface area (Å²) in [6.07, 6.45) is 1.74. The molecule has 1 aromatic heterocycles. The normalized spacial score (nSPS) is 12.0. The van der Waals surface area contributed by atoms with E-state index >= 15 is 0 Å². The number of aliphatic hydroxyl groups is 1. The van der Waals surface area contributed by atoms with Crippen molar-refractivity contribution in [2.75, 3.05) is 13.6 Å². The van der Waals surface area contributed by atoms with E-state index in [0.29, 0.717) is 18.8 Å². The topological polar surface area (TPSA) is 83.3 Å². The summed E-state index contributed by atoms with van der Waals surface area (Å²) in [6.45, 7) is 2.48. The molecule has 0 saturated carbocycles. The summed E-state index contributed by atoms with van der Waals surface area (Å²) in [4.78, 5) is 13.5. The molecule has 0 saturated heterocycles. The molecule has 7 nitrogen and oxygen atoms in total. The van der Waals surface area contributed by atoms with Crippen LogP contribution < -0.4 is 5.32 Å². The monoisotopic (exact) mass is 303 g/mol. The van der Waals surface area contributed by atoms with Crippen LogP contribution in [0.15, 0.2) is 36.7 Å². The molecule has 0 aliphatic rings. The number of urea groups is 1. The van der Waals surface area contributed by atoms with Crippen LogP contribution in [-0.2, 0) is 6.54 Å². The maximum absolute atomic E-state index is 12.0. The number of rotatable bonds is 6. The van der Waals surface area contributed by atoms with Gasteiger partial charge in [-0.2, -0.15) is 0 Å². The van der Waals surface area contributed by atoms with Gasteiger partial charge in [-0.3, -0.25) is 4.57 Å². The first-order valence-electron chi connectivity index (χ1n) is 7.19. The van der Waals surface area contributed by atoms with Gasteiger partial charge in [-0.1, -0.05) is 18.2 Å². The van der Waals surface area contributed by atoms with Gasteiger partial charge >= 0.3 is 6.03 Å². The fourth-order valence-electron chi connectivity index (χ4n) is 1.96. The van der Waals surface area contributed by atoms with Gasteiger partial charge in [0.25, 0.3) is 0 Å². The summed E-state index contributed by atoms with van der Waals surface area (Å²) in [7, 11) is 1.69. The van der Waals surface area contributed by atoms with Crippen LogP contribution in [0.2, 0.25) is 0 Å². The molecule has 1 aromatic carbocycles. The standard InChI is InChI=1S/C15H21N5O2/c1-12(21)8-9-19(2)15(22)16-10-14-18-17-11-20(14)13-6-4-3-5-7-13/h3-7,11-12,21H,8-10H2,1-2H3,(H,16,22). The molecular formula is C15H21N5O2. The summed E-state index contributed by atoms with van der Waals surface area (Å²) < 4.78 is 1.83. The lowest BCUT2D eigenvalue weighted by atomic mass is 10.3. The van der Waals surface area contributed by atoms with Crippen molar-refractivity contribution in [3.8, 4) is 5.69 Å². The van der Waals surface area contributed by atoms with Crippen molar-refractivity contribution in [3.63, 3.8) is 0 Å². The predicted molar refractivity (Wildman–Crippen MR) is 82.5 cm³/mol. The lowest BCUT2D eigenvalue weighted by molar-refractivity contribution is 0.163. The molecule has 22 heavy (non-hydrogen) atoms. The second-order valence-corrected chi connectivity index (χ2v) is 5.17. The van der Waals surface area contributed by atoms with E-state index < -0.39 is 6.10 Å². The molecule has 118 valence electrons. The van der Waals surface area contributed by atoms with Crippen molar-refractivity contribution in [2.24, 2.45) is 0 Å². The Morgan fingerprint density at radius 2 is 2.14 bits per heavy atom. The Balaban J connectivity index is 1.93. The van der Waals surface area contributed by atoms with Gasteiger partial charge in [0.05, 0.1) is 12.6 Å². The van der Waals surface area contributed by atoms with Crippen molar-refractivity contribution in [1.29, 1.82) is 0 Å². The Morgan fingerprint density at radius 1 is 1.41 bits per heavy atom. The van der Waals surface area contributed by atoms with Crippen LogP contribution in [0.5, 0.6) is 0 Å². The molecule has 1 heterocycles. The van der Waals surface area contributed by atoms with E-state index in [-0.39, 0.29) is 12.6 Å². The summed E-state index contributed by atoms with van der Waals surface area (Å²) >= 11 is 0. The highest BCUT2D eigenvalue weighted by atomic mass is 16.3. The first-order chi connectivity index (χ1) is 10.6. The second-order valence-electron chi connectivity index (χ2n) is 5.17. The lowest BCUT2D eigenvalue weighted by Gasteiger charge is -2.18. The average Bonchev–Trinajstić information content (AvgIpc) is 2.99. The third-order valence-corrected chi connectivity index (χ3v) is 3.28. The molecule has 0 aliphatic heterocycles. The Labute approximate surface area is 129 Å². The lowest BCUT2D eigenvalue weighted by Crippen LogP contribution is -2.38. The number of carbonyl (C=O) groups excluding carboxylic acids is 1. The summed E-state index contributed by atoms with van der Waals surface area (Å²) in [5, 5.41) is 20.0. The number of aliphatic hydroxyl groups excluding tert-OH is 1. The van der Waals surface area contributed by atoms with Gasteiger partial charge in [0, 0.05) is 19.3 Å². The van der Waals surface area contributed by atoms with Crippen LogP contribution in [0.25, 0.3) is 5.69 Å². The molecule has 0 fully saturated rings. The molecule has 0 aliphatic carbocycles. The Hall–Kier alpha value is -2.41. The van der Waals surface area contributed by atoms with Gasteiger partial charge in [-0.05, 0) is 25.5 Å². The summed E-state index contributed by atoms with van der Waals surface area (Å²) in [6, 6.07) is 9.49. The summed E-state index contributed by atoms with van der Waals surface area (Å²) in [5.41, 5.74) is 0.944. The van der Waals surface area contributed by atoms with E-state index in [0.717, 1.165) is 5.69 Å². The van der Waals surface area contributed by atoms with Crippen LogP contribution in [0.1, 0.15) is 19.2 Å². The van der Waals surface area contributed by atoms with E-state index in [2.05, 4.69) is 15.5 Å². The van der Waals surface area contributed by atoms with Gasteiger partial charge < -0.3 is 15.3 Å². The van der Waals surface area contributed by atoms with Crippen molar-refractivity contribution in [2.45, 2.75) is 26.0 Å². The highest BCUT2D eigenvalue weighted by Crippen LogP contribution is 2.08. The number of hydrogen-bond donors (Lipinski definition) is 2. The second kappa shape index (κ2) is 7.56. The third-order valence-electron chi connectivity index (χ3n) is 3.28. The van der Waals surface area contributed by atoms with E-state index in [1.807, 2.05) is 34.9 Å². The van der Waals surface area contributed by atoms with Gasteiger partial charge in [0.15, 0.2) is 5.82 Å². The molecule has 2 amide bonds. The average molecular weight is 303 g/mol. The number of para-hydroxylation sites is 1. The van der Waals surface area contributed by atoms with Crippen LogP contribution >= 0.6 is 0 Å². The molecule has 2 N–H and O–H groups in total. The van der Waals surface area contributed by atoms with E-state index in [4.69, 9.17) is 0 Å². The van der Waals surface area contributed by atoms with Gasteiger partial charge in [0.2, 0.25) is 0 Å². The van der Waals surface area contributed by atoms with Crippen LogP contribution in [0.3, 0.4) is 0 Å².